The highest BCUT2D eigenvalue weighted by Gasteiger charge is 2.18. The van der Waals surface area contributed by atoms with Crippen molar-refractivity contribution in [3.8, 4) is 0 Å². The molecule has 0 amide bonds. The molecule has 0 radical (unpaired) electrons. The van der Waals surface area contributed by atoms with Crippen molar-refractivity contribution in [2.75, 3.05) is 0 Å². The summed E-state index contributed by atoms with van der Waals surface area (Å²) in [5.74, 6) is 0. The molecule has 0 aromatic carbocycles. The molecule has 2 aromatic heterocycles. The smallest absolute Gasteiger partial charge is 0.0897 e. The third-order valence-corrected chi connectivity index (χ3v) is 4.49. The van der Waals surface area contributed by atoms with Crippen molar-refractivity contribution < 1.29 is 5.11 Å². The van der Waals surface area contributed by atoms with Gasteiger partial charge in [-0.05, 0) is 20.3 Å². The largest absolute Gasteiger partial charge is 0.392 e. The minimum atomic E-state index is -0.485. The van der Waals surface area contributed by atoms with Gasteiger partial charge in [0, 0.05) is 24.8 Å². The fourth-order valence-electron chi connectivity index (χ4n) is 2.25. The number of aliphatic hydroxyl groups excluding tert-OH is 1. The number of aliphatic hydroxyl groups is 1. The van der Waals surface area contributed by atoms with E-state index >= 15 is 0 Å². The molecule has 2 rings (SSSR count). The van der Waals surface area contributed by atoms with Gasteiger partial charge in [-0.15, -0.1) is 11.3 Å². The maximum absolute atomic E-state index is 10.3. The summed E-state index contributed by atoms with van der Waals surface area (Å²) in [6.07, 6.45) is 1.38. The number of hydrogen-bond donors (Lipinski definition) is 1. The summed E-state index contributed by atoms with van der Waals surface area (Å²) < 4.78 is 1.89. The quantitative estimate of drug-likeness (QED) is 0.892. The number of rotatable bonds is 6. The van der Waals surface area contributed by atoms with E-state index in [9.17, 15) is 5.11 Å². The Morgan fingerprint density at radius 3 is 2.70 bits per heavy atom. The van der Waals surface area contributed by atoms with Crippen molar-refractivity contribution in [2.24, 2.45) is 0 Å². The molecule has 2 aromatic rings. The van der Waals surface area contributed by atoms with E-state index in [0.29, 0.717) is 17.9 Å². The van der Waals surface area contributed by atoms with Gasteiger partial charge in [0.15, 0.2) is 0 Å². The average Bonchev–Trinajstić information content (AvgIpc) is 2.95. The van der Waals surface area contributed by atoms with Crippen LogP contribution < -0.4 is 0 Å². The number of aromatic nitrogens is 3. The van der Waals surface area contributed by atoms with Gasteiger partial charge in [0.1, 0.15) is 0 Å². The minimum Gasteiger partial charge on any atom is -0.392 e. The lowest BCUT2D eigenvalue weighted by atomic mass is 10.1. The fourth-order valence-corrected chi connectivity index (χ4v) is 3.22. The van der Waals surface area contributed by atoms with E-state index in [1.54, 1.807) is 11.3 Å². The lowest BCUT2D eigenvalue weighted by Crippen LogP contribution is -2.17. The van der Waals surface area contributed by atoms with E-state index in [0.717, 1.165) is 35.1 Å². The molecule has 20 heavy (non-hydrogen) atoms. The van der Waals surface area contributed by atoms with E-state index in [-0.39, 0.29) is 0 Å². The lowest BCUT2D eigenvalue weighted by molar-refractivity contribution is 0.171. The summed E-state index contributed by atoms with van der Waals surface area (Å²) in [4.78, 5) is 4.38. The summed E-state index contributed by atoms with van der Waals surface area (Å²) in [5.41, 5.74) is 2.76. The van der Waals surface area contributed by atoms with Crippen LogP contribution in [0.1, 0.15) is 35.9 Å². The van der Waals surface area contributed by atoms with Crippen molar-refractivity contribution >= 4 is 22.9 Å². The van der Waals surface area contributed by atoms with Gasteiger partial charge in [0.25, 0.3) is 0 Å². The SMILES string of the molecule is CCc1nn(CC)c(CC(O)Cc2csc(C)n2)c1Cl. The average molecular weight is 314 g/mol. The molecule has 0 fully saturated rings. The molecule has 1 unspecified atom stereocenters. The first-order chi connectivity index (χ1) is 9.55. The monoisotopic (exact) mass is 313 g/mol. The van der Waals surface area contributed by atoms with Gasteiger partial charge in [0.2, 0.25) is 0 Å². The molecule has 0 spiro atoms. The Morgan fingerprint density at radius 1 is 1.40 bits per heavy atom. The van der Waals surface area contributed by atoms with E-state index in [4.69, 9.17) is 11.6 Å². The van der Waals surface area contributed by atoms with Gasteiger partial charge in [-0.3, -0.25) is 4.68 Å². The maximum atomic E-state index is 10.3. The topological polar surface area (TPSA) is 50.9 Å². The van der Waals surface area contributed by atoms with Crippen LogP contribution in [0.5, 0.6) is 0 Å². The molecular weight excluding hydrogens is 294 g/mol. The van der Waals surface area contributed by atoms with Crippen LogP contribution in [-0.2, 0) is 25.8 Å². The Balaban J connectivity index is 2.10. The second-order valence-electron chi connectivity index (χ2n) is 4.80. The number of nitrogens with zero attached hydrogens (tertiary/aromatic N) is 3. The number of halogens is 1. The van der Waals surface area contributed by atoms with Gasteiger partial charge in [-0.25, -0.2) is 4.98 Å². The predicted molar refractivity (Wildman–Crippen MR) is 82.6 cm³/mol. The minimum absolute atomic E-state index is 0.485. The van der Waals surface area contributed by atoms with Gasteiger partial charge in [0.05, 0.1) is 33.2 Å². The number of thiazole rings is 1. The van der Waals surface area contributed by atoms with Crippen molar-refractivity contribution in [1.82, 2.24) is 14.8 Å². The number of hydrogen-bond acceptors (Lipinski definition) is 4. The highest BCUT2D eigenvalue weighted by Crippen LogP contribution is 2.23. The Morgan fingerprint density at radius 2 is 2.15 bits per heavy atom. The van der Waals surface area contributed by atoms with Crippen molar-refractivity contribution in [1.29, 1.82) is 0 Å². The van der Waals surface area contributed by atoms with Crippen LogP contribution in [0.15, 0.2) is 5.38 Å². The maximum Gasteiger partial charge on any atom is 0.0897 e. The molecule has 4 nitrogen and oxygen atoms in total. The molecule has 2 heterocycles. The second kappa shape index (κ2) is 6.70. The van der Waals surface area contributed by atoms with Crippen molar-refractivity contribution in [3.05, 3.63) is 32.5 Å². The van der Waals surface area contributed by atoms with E-state index < -0.39 is 6.10 Å². The fraction of sp³-hybridized carbons (Fsp3) is 0.571. The Kier molecular flexibility index (Phi) is 5.18. The van der Waals surface area contributed by atoms with Crippen LogP contribution >= 0.6 is 22.9 Å². The normalized spacial score (nSPS) is 12.8. The Hall–Kier alpha value is -0.910. The Labute approximate surface area is 128 Å². The van der Waals surface area contributed by atoms with Crippen molar-refractivity contribution in [3.63, 3.8) is 0 Å². The second-order valence-corrected chi connectivity index (χ2v) is 6.24. The van der Waals surface area contributed by atoms with Gasteiger partial charge < -0.3 is 5.11 Å². The Bertz CT molecular complexity index is 579. The highest BCUT2D eigenvalue weighted by molar-refractivity contribution is 7.09. The third-order valence-electron chi connectivity index (χ3n) is 3.23. The van der Waals surface area contributed by atoms with Crippen molar-refractivity contribution in [2.45, 2.75) is 52.7 Å². The van der Waals surface area contributed by atoms with Crippen LogP contribution in [0.2, 0.25) is 5.02 Å². The van der Waals surface area contributed by atoms with Crippen LogP contribution in [0.25, 0.3) is 0 Å². The first kappa shape index (κ1) is 15.5. The van der Waals surface area contributed by atoms with E-state index in [1.807, 2.05) is 30.8 Å². The molecule has 0 aliphatic carbocycles. The standard InChI is InChI=1S/C14H20ClN3OS/c1-4-12-14(15)13(18(5-2)17-12)7-11(19)6-10-8-20-9(3)16-10/h8,11,19H,4-7H2,1-3H3. The molecule has 110 valence electrons. The summed E-state index contributed by atoms with van der Waals surface area (Å²) >= 11 is 7.96. The summed E-state index contributed by atoms with van der Waals surface area (Å²) in [6, 6.07) is 0. The van der Waals surface area contributed by atoms with E-state index in [1.165, 1.54) is 0 Å². The molecule has 0 bridgehead atoms. The predicted octanol–water partition coefficient (Wildman–Crippen LogP) is 3.03. The first-order valence-electron chi connectivity index (χ1n) is 6.88. The molecule has 6 heteroatoms. The molecule has 0 aliphatic heterocycles. The van der Waals surface area contributed by atoms with Gasteiger partial charge >= 0.3 is 0 Å². The van der Waals surface area contributed by atoms with Crippen LogP contribution in [0.3, 0.4) is 0 Å². The first-order valence-corrected chi connectivity index (χ1v) is 8.14. The molecule has 0 saturated carbocycles. The highest BCUT2D eigenvalue weighted by atomic mass is 35.5. The van der Waals surface area contributed by atoms with E-state index in [2.05, 4.69) is 10.1 Å². The lowest BCUT2D eigenvalue weighted by Gasteiger charge is -2.11. The molecule has 0 aliphatic rings. The van der Waals surface area contributed by atoms with Crippen LogP contribution in [-0.4, -0.2) is 26.0 Å². The molecule has 1 N–H and O–H groups in total. The van der Waals surface area contributed by atoms with Crippen LogP contribution in [0.4, 0.5) is 0 Å². The summed E-state index contributed by atoms with van der Waals surface area (Å²) in [7, 11) is 0. The zero-order chi connectivity index (χ0) is 14.7. The zero-order valence-corrected chi connectivity index (χ0v) is 13.6. The molecular formula is C14H20ClN3OS. The molecule has 1 atom stereocenters. The zero-order valence-electron chi connectivity index (χ0n) is 12.1. The third kappa shape index (κ3) is 3.40. The van der Waals surface area contributed by atoms with Gasteiger partial charge in [-0.1, -0.05) is 18.5 Å². The van der Waals surface area contributed by atoms with Crippen LogP contribution in [0, 0.1) is 6.92 Å². The summed E-state index contributed by atoms with van der Waals surface area (Å²) in [5, 5.41) is 18.4. The summed E-state index contributed by atoms with van der Waals surface area (Å²) in [6.45, 7) is 6.80. The van der Waals surface area contributed by atoms with Gasteiger partial charge in [-0.2, -0.15) is 5.10 Å². The molecule has 0 saturated heterocycles. The number of aryl methyl sites for hydroxylation is 3.